The van der Waals surface area contributed by atoms with Gasteiger partial charge >= 0.3 is 0 Å². The molecule has 25 heavy (non-hydrogen) atoms. The number of amides is 1. The molecule has 5 heteroatoms. The molecule has 1 aromatic carbocycles. The minimum absolute atomic E-state index is 0.00786. The second-order valence-electron chi connectivity index (χ2n) is 7.02. The smallest absolute Gasteiger partial charge is 0.253 e. The maximum Gasteiger partial charge on any atom is 0.253 e. The molecule has 1 aromatic rings. The fourth-order valence-corrected chi connectivity index (χ4v) is 3.88. The summed E-state index contributed by atoms with van der Waals surface area (Å²) in [7, 11) is 1.62. The van der Waals surface area contributed by atoms with Gasteiger partial charge < -0.3 is 19.5 Å². The van der Waals surface area contributed by atoms with Crippen LogP contribution in [0.5, 0.6) is 5.75 Å². The lowest BCUT2D eigenvalue weighted by molar-refractivity contribution is -0.134. The Hall–Kier alpha value is -2.01. The summed E-state index contributed by atoms with van der Waals surface area (Å²) in [4.78, 5) is 14.9. The molecule has 2 atom stereocenters. The Kier molecular flexibility index (Phi) is 5.04. The predicted molar refractivity (Wildman–Crippen MR) is 95.2 cm³/mol. The first-order valence-corrected chi connectivity index (χ1v) is 8.95. The highest BCUT2D eigenvalue weighted by molar-refractivity contribution is 5.94. The van der Waals surface area contributed by atoms with Crippen LogP contribution in [0.3, 0.4) is 0 Å². The molecule has 0 saturated carbocycles. The summed E-state index contributed by atoms with van der Waals surface area (Å²) in [6, 6.07) is 7.18. The van der Waals surface area contributed by atoms with E-state index >= 15 is 0 Å². The minimum atomic E-state index is -1.11. The van der Waals surface area contributed by atoms with Crippen LogP contribution in [0.2, 0.25) is 0 Å². The zero-order valence-electron chi connectivity index (χ0n) is 15.2. The van der Waals surface area contributed by atoms with Crippen molar-refractivity contribution in [3.63, 3.8) is 0 Å². The predicted octanol–water partition coefficient (Wildman–Crippen LogP) is 2.98. The quantitative estimate of drug-likeness (QED) is 0.911. The van der Waals surface area contributed by atoms with Gasteiger partial charge in [-0.2, -0.15) is 0 Å². The molecular formula is C20H27NO4. The molecule has 2 aliphatic rings. The Morgan fingerprint density at radius 3 is 2.68 bits per heavy atom. The Morgan fingerprint density at radius 1 is 1.32 bits per heavy atom. The average molecular weight is 345 g/mol. The third-order valence-corrected chi connectivity index (χ3v) is 5.41. The number of hydrogen-bond donors (Lipinski definition) is 1. The van der Waals surface area contributed by atoms with Gasteiger partial charge in [-0.1, -0.05) is 12.1 Å². The van der Waals surface area contributed by atoms with Crippen molar-refractivity contribution in [1.29, 1.82) is 0 Å². The van der Waals surface area contributed by atoms with Crippen molar-refractivity contribution < 1.29 is 19.4 Å². The summed E-state index contributed by atoms with van der Waals surface area (Å²) in [5.41, 5.74) is 0.440. The number of aliphatic hydroxyl groups is 1. The van der Waals surface area contributed by atoms with Crippen molar-refractivity contribution in [2.45, 2.75) is 51.2 Å². The van der Waals surface area contributed by atoms with E-state index in [0.29, 0.717) is 13.2 Å². The molecule has 2 aliphatic heterocycles. The van der Waals surface area contributed by atoms with E-state index in [1.165, 1.54) is 0 Å². The van der Waals surface area contributed by atoms with Gasteiger partial charge in [0.2, 0.25) is 0 Å². The molecule has 0 aliphatic carbocycles. The van der Waals surface area contributed by atoms with Gasteiger partial charge in [-0.15, -0.1) is 0 Å². The molecule has 3 rings (SSSR count). The number of carbonyl (C=O) groups excluding carboxylic acids is 1. The normalized spacial score (nSPS) is 23.2. The van der Waals surface area contributed by atoms with Crippen LogP contribution in [0.15, 0.2) is 35.6 Å². The molecule has 0 radical (unpaired) electrons. The molecule has 0 spiro atoms. The number of benzene rings is 1. The van der Waals surface area contributed by atoms with Crippen LogP contribution in [0.4, 0.5) is 0 Å². The fraction of sp³-hybridized carbons (Fsp3) is 0.550. The lowest BCUT2D eigenvalue weighted by atomic mass is 9.86. The standard InChI is InChI=1S/C20H27NO4/c1-14-17(6-5-13-25-14)19(22)21-12-4-7-18(21)20(2,23)15-8-10-16(24-3)11-9-15/h8-11,18,23H,4-7,12-13H2,1-3H3/t18-,20-/m0/s1. The Morgan fingerprint density at radius 2 is 2.04 bits per heavy atom. The number of carbonyl (C=O) groups is 1. The van der Waals surface area contributed by atoms with E-state index in [2.05, 4.69) is 0 Å². The van der Waals surface area contributed by atoms with Crippen molar-refractivity contribution in [3.8, 4) is 5.75 Å². The first-order chi connectivity index (χ1) is 11.9. The van der Waals surface area contributed by atoms with Crippen LogP contribution in [0.25, 0.3) is 0 Å². The highest BCUT2D eigenvalue weighted by Crippen LogP contribution is 2.37. The summed E-state index contributed by atoms with van der Waals surface area (Å²) in [6.07, 6.45) is 3.30. The number of rotatable bonds is 4. The molecule has 1 amide bonds. The van der Waals surface area contributed by atoms with E-state index in [4.69, 9.17) is 9.47 Å². The molecule has 1 saturated heterocycles. The molecular weight excluding hydrogens is 318 g/mol. The van der Waals surface area contributed by atoms with E-state index < -0.39 is 5.60 Å². The van der Waals surface area contributed by atoms with Gasteiger partial charge in [0.25, 0.3) is 5.91 Å². The maximum absolute atomic E-state index is 13.1. The first kappa shape index (κ1) is 17.8. The van der Waals surface area contributed by atoms with E-state index in [1.54, 1.807) is 14.0 Å². The van der Waals surface area contributed by atoms with Gasteiger partial charge in [-0.05, 0) is 57.2 Å². The van der Waals surface area contributed by atoms with Gasteiger partial charge in [0.15, 0.2) is 0 Å². The summed E-state index contributed by atoms with van der Waals surface area (Å²) >= 11 is 0. The van der Waals surface area contributed by atoms with Gasteiger partial charge in [-0.3, -0.25) is 4.79 Å². The molecule has 5 nitrogen and oxygen atoms in total. The number of hydrogen-bond acceptors (Lipinski definition) is 4. The van der Waals surface area contributed by atoms with E-state index in [9.17, 15) is 9.90 Å². The molecule has 1 N–H and O–H groups in total. The fourth-order valence-electron chi connectivity index (χ4n) is 3.88. The third-order valence-electron chi connectivity index (χ3n) is 5.41. The zero-order chi connectivity index (χ0) is 18.0. The van der Waals surface area contributed by atoms with Crippen LogP contribution in [0, 0.1) is 0 Å². The van der Waals surface area contributed by atoms with Crippen molar-refractivity contribution in [2.24, 2.45) is 0 Å². The summed E-state index contributed by atoms with van der Waals surface area (Å²) in [6.45, 7) is 5.00. The molecule has 0 bridgehead atoms. The van der Waals surface area contributed by atoms with Crippen LogP contribution in [-0.4, -0.2) is 42.2 Å². The Labute approximate surface area is 149 Å². The van der Waals surface area contributed by atoms with Crippen LogP contribution in [-0.2, 0) is 15.1 Å². The van der Waals surface area contributed by atoms with E-state index in [0.717, 1.165) is 48.3 Å². The van der Waals surface area contributed by atoms with Crippen molar-refractivity contribution in [1.82, 2.24) is 4.90 Å². The second kappa shape index (κ2) is 7.08. The maximum atomic E-state index is 13.1. The third kappa shape index (κ3) is 3.38. The zero-order valence-corrected chi connectivity index (χ0v) is 15.2. The number of methoxy groups -OCH3 is 1. The lowest BCUT2D eigenvalue weighted by Crippen LogP contribution is -2.48. The van der Waals surface area contributed by atoms with Gasteiger partial charge in [0, 0.05) is 6.54 Å². The Bertz CT molecular complexity index is 663. The molecule has 0 aromatic heterocycles. The number of ether oxygens (including phenoxy) is 2. The monoisotopic (exact) mass is 345 g/mol. The van der Waals surface area contributed by atoms with Crippen LogP contribution >= 0.6 is 0 Å². The van der Waals surface area contributed by atoms with Crippen molar-refractivity contribution >= 4 is 5.91 Å². The highest BCUT2D eigenvalue weighted by atomic mass is 16.5. The van der Waals surface area contributed by atoms with Crippen molar-refractivity contribution in [2.75, 3.05) is 20.3 Å². The minimum Gasteiger partial charge on any atom is -0.498 e. The van der Waals surface area contributed by atoms with Crippen LogP contribution < -0.4 is 4.74 Å². The first-order valence-electron chi connectivity index (χ1n) is 8.95. The SMILES string of the molecule is COc1ccc([C@](C)(O)[C@@H]2CCCN2C(=O)C2=C(C)OCCC2)cc1. The van der Waals surface area contributed by atoms with Gasteiger partial charge in [0.1, 0.15) is 17.1 Å². The van der Waals surface area contributed by atoms with E-state index in [-0.39, 0.29) is 11.9 Å². The Balaban J connectivity index is 1.85. The number of nitrogens with zero attached hydrogens (tertiary/aromatic N) is 1. The van der Waals surface area contributed by atoms with Crippen LogP contribution in [0.1, 0.15) is 45.1 Å². The van der Waals surface area contributed by atoms with Gasteiger partial charge in [0.05, 0.1) is 25.3 Å². The molecule has 136 valence electrons. The molecule has 1 fully saturated rings. The van der Waals surface area contributed by atoms with E-state index in [1.807, 2.05) is 36.1 Å². The number of likely N-dealkylation sites (tertiary alicyclic amines) is 1. The topological polar surface area (TPSA) is 59.0 Å². The molecule has 0 unspecified atom stereocenters. The summed E-state index contributed by atoms with van der Waals surface area (Å²) < 4.78 is 10.7. The highest BCUT2D eigenvalue weighted by Gasteiger charge is 2.43. The largest absolute Gasteiger partial charge is 0.498 e. The summed E-state index contributed by atoms with van der Waals surface area (Å²) in [5, 5.41) is 11.3. The summed E-state index contributed by atoms with van der Waals surface area (Å²) in [5.74, 6) is 1.48. The van der Waals surface area contributed by atoms with Gasteiger partial charge in [-0.25, -0.2) is 0 Å². The average Bonchev–Trinajstić information content (AvgIpc) is 3.12. The second-order valence-corrected chi connectivity index (χ2v) is 7.02. The van der Waals surface area contributed by atoms with Crippen molar-refractivity contribution in [3.05, 3.63) is 41.2 Å². The molecule has 2 heterocycles. The number of allylic oxidation sites excluding steroid dienone is 1. The lowest BCUT2D eigenvalue weighted by Gasteiger charge is -2.38.